The largest absolute Gasteiger partial charge is 0.378 e. The van der Waals surface area contributed by atoms with E-state index in [-0.39, 0.29) is 11.5 Å². The van der Waals surface area contributed by atoms with Gasteiger partial charge in [0.05, 0.1) is 12.0 Å². The molecule has 0 aromatic heterocycles. The number of hydrogen-bond acceptors (Lipinski definition) is 4. The zero-order chi connectivity index (χ0) is 13.9. The van der Waals surface area contributed by atoms with Crippen molar-refractivity contribution in [2.75, 3.05) is 39.8 Å². The molecule has 2 aliphatic rings. The second-order valence-electron chi connectivity index (χ2n) is 5.92. The van der Waals surface area contributed by atoms with Crippen LogP contribution in [-0.2, 0) is 9.53 Å². The van der Waals surface area contributed by atoms with Crippen LogP contribution in [0.25, 0.3) is 0 Å². The Morgan fingerprint density at radius 2 is 1.95 bits per heavy atom. The van der Waals surface area contributed by atoms with Gasteiger partial charge >= 0.3 is 0 Å². The fraction of sp³-hybridized carbons (Fsp3) is 0.929. The summed E-state index contributed by atoms with van der Waals surface area (Å²) < 4.78 is 5.54. The van der Waals surface area contributed by atoms with Crippen molar-refractivity contribution in [1.29, 1.82) is 0 Å². The Morgan fingerprint density at radius 1 is 1.32 bits per heavy atom. The lowest BCUT2D eigenvalue weighted by Crippen LogP contribution is -2.54. The van der Waals surface area contributed by atoms with E-state index in [9.17, 15) is 4.79 Å². The molecule has 19 heavy (non-hydrogen) atoms. The number of amides is 1. The minimum absolute atomic E-state index is 0.154. The maximum Gasteiger partial charge on any atom is 0.225 e. The van der Waals surface area contributed by atoms with Gasteiger partial charge in [0.15, 0.2) is 0 Å². The monoisotopic (exact) mass is 269 g/mol. The molecular weight excluding hydrogens is 242 g/mol. The lowest BCUT2D eigenvalue weighted by molar-refractivity contribution is -0.146. The zero-order valence-electron chi connectivity index (χ0n) is 12.2. The smallest absolute Gasteiger partial charge is 0.225 e. The number of nitrogens with zero attached hydrogens (tertiary/aromatic N) is 2. The summed E-state index contributed by atoms with van der Waals surface area (Å²) in [4.78, 5) is 16.7. The van der Waals surface area contributed by atoms with Crippen molar-refractivity contribution in [3.63, 3.8) is 0 Å². The highest BCUT2D eigenvalue weighted by Gasteiger charge is 2.40. The Morgan fingerprint density at radius 3 is 2.37 bits per heavy atom. The van der Waals surface area contributed by atoms with Crippen LogP contribution in [0.3, 0.4) is 0 Å². The SMILES string of the molecule is COC1(CC(=O)N2CCN(C(C)CN)CC2)CCC1. The van der Waals surface area contributed by atoms with Crippen LogP contribution in [0.5, 0.6) is 0 Å². The summed E-state index contributed by atoms with van der Waals surface area (Å²) in [6.45, 7) is 6.34. The maximum atomic E-state index is 12.3. The number of nitrogens with two attached hydrogens (primary N) is 1. The van der Waals surface area contributed by atoms with Crippen LogP contribution in [-0.4, -0.2) is 67.2 Å². The number of carbonyl (C=O) groups excluding carboxylic acids is 1. The van der Waals surface area contributed by atoms with Crippen LogP contribution in [0.2, 0.25) is 0 Å². The predicted molar refractivity (Wildman–Crippen MR) is 74.9 cm³/mol. The van der Waals surface area contributed by atoms with Gasteiger partial charge in [0.2, 0.25) is 5.91 Å². The summed E-state index contributed by atoms with van der Waals surface area (Å²) in [6, 6.07) is 0.411. The summed E-state index contributed by atoms with van der Waals surface area (Å²) in [6.07, 6.45) is 3.79. The van der Waals surface area contributed by atoms with Crippen molar-refractivity contribution in [3.05, 3.63) is 0 Å². The molecule has 0 spiro atoms. The first-order valence-electron chi connectivity index (χ1n) is 7.37. The van der Waals surface area contributed by atoms with E-state index in [1.807, 2.05) is 4.90 Å². The highest BCUT2D eigenvalue weighted by Crippen LogP contribution is 2.38. The van der Waals surface area contributed by atoms with Crippen molar-refractivity contribution < 1.29 is 9.53 Å². The Balaban J connectivity index is 1.79. The number of ether oxygens (including phenoxy) is 1. The van der Waals surface area contributed by atoms with Crippen LogP contribution in [0.4, 0.5) is 0 Å². The topological polar surface area (TPSA) is 58.8 Å². The van der Waals surface area contributed by atoms with Crippen molar-refractivity contribution in [3.8, 4) is 0 Å². The van der Waals surface area contributed by atoms with Gasteiger partial charge in [-0.25, -0.2) is 0 Å². The molecule has 2 fully saturated rings. The van der Waals surface area contributed by atoms with Crippen molar-refractivity contribution >= 4 is 5.91 Å². The Bertz CT molecular complexity index is 304. The van der Waals surface area contributed by atoms with Crippen LogP contribution in [0, 0.1) is 0 Å². The minimum Gasteiger partial charge on any atom is -0.378 e. The molecule has 0 aromatic carbocycles. The summed E-state index contributed by atoms with van der Waals surface area (Å²) in [5.74, 6) is 0.251. The molecule has 1 atom stereocenters. The molecule has 5 nitrogen and oxygen atoms in total. The average Bonchev–Trinajstić information content (AvgIpc) is 2.42. The first kappa shape index (κ1) is 14.8. The molecule has 1 aliphatic heterocycles. The molecule has 1 amide bonds. The summed E-state index contributed by atoms with van der Waals surface area (Å²) in [5.41, 5.74) is 5.53. The average molecular weight is 269 g/mol. The number of piperazine rings is 1. The fourth-order valence-electron chi connectivity index (χ4n) is 2.97. The van der Waals surface area contributed by atoms with Crippen LogP contribution in [0.15, 0.2) is 0 Å². The molecule has 1 saturated heterocycles. The molecule has 2 rings (SSSR count). The molecule has 1 saturated carbocycles. The van der Waals surface area contributed by atoms with E-state index in [0.29, 0.717) is 19.0 Å². The number of rotatable bonds is 5. The van der Waals surface area contributed by atoms with Crippen LogP contribution >= 0.6 is 0 Å². The summed E-state index contributed by atoms with van der Waals surface area (Å²) >= 11 is 0. The molecular formula is C14H27N3O2. The number of carbonyl (C=O) groups is 1. The van der Waals surface area contributed by atoms with Gasteiger partial charge in [-0.05, 0) is 26.2 Å². The highest BCUT2D eigenvalue weighted by atomic mass is 16.5. The van der Waals surface area contributed by atoms with E-state index in [0.717, 1.165) is 39.0 Å². The van der Waals surface area contributed by atoms with Gasteiger partial charge in [-0.1, -0.05) is 0 Å². The number of methoxy groups -OCH3 is 1. The molecule has 0 radical (unpaired) electrons. The zero-order valence-corrected chi connectivity index (χ0v) is 12.2. The second kappa shape index (κ2) is 6.20. The first-order valence-corrected chi connectivity index (χ1v) is 7.37. The molecule has 1 aliphatic carbocycles. The van der Waals surface area contributed by atoms with Gasteiger partial charge in [-0.15, -0.1) is 0 Å². The van der Waals surface area contributed by atoms with E-state index in [1.165, 1.54) is 6.42 Å². The van der Waals surface area contributed by atoms with Gasteiger partial charge in [0, 0.05) is 45.9 Å². The van der Waals surface area contributed by atoms with Gasteiger partial charge in [-0.3, -0.25) is 9.69 Å². The third-order valence-electron chi connectivity index (χ3n) is 4.80. The van der Waals surface area contributed by atoms with E-state index in [1.54, 1.807) is 7.11 Å². The van der Waals surface area contributed by atoms with Gasteiger partial charge in [0.1, 0.15) is 0 Å². The quantitative estimate of drug-likeness (QED) is 0.786. The maximum absolute atomic E-state index is 12.3. The van der Waals surface area contributed by atoms with Crippen LogP contribution < -0.4 is 5.73 Å². The second-order valence-corrected chi connectivity index (χ2v) is 5.92. The van der Waals surface area contributed by atoms with E-state index < -0.39 is 0 Å². The summed E-state index contributed by atoms with van der Waals surface area (Å²) in [7, 11) is 1.73. The molecule has 2 N–H and O–H groups in total. The Hall–Kier alpha value is -0.650. The highest BCUT2D eigenvalue weighted by molar-refractivity contribution is 5.77. The Labute approximate surface area is 116 Å². The number of hydrogen-bond donors (Lipinski definition) is 1. The fourth-order valence-corrected chi connectivity index (χ4v) is 2.97. The first-order chi connectivity index (χ1) is 9.10. The molecule has 0 aromatic rings. The third-order valence-corrected chi connectivity index (χ3v) is 4.80. The van der Waals surface area contributed by atoms with E-state index >= 15 is 0 Å². The lowest BCUT2D eigenvalue weighted by Gasteiger charge is -2.43. The summed E-state index contributed by atoms with van der Waals surface area (Å²) in [5, 5.41) is 0. The molecule has 1 unspecified atom stereocenters. The normalized spacial score (nSPS) is 24.9. The van der Waals surface area contributed by atoms with Crippen molar-refractivity contribution in [2.24, 2.45) is 5.73 Å². The third kappa shape index (κ3) is 3.27. The molecule has 110 valence electrons. The minimum atomic E-state index is -0.154. The molecule has 0 bridgehead atoms. The lowest BCUT2D eigenvalue weighted by atomic mass is 9.77. The van der Waals surface area contributed by atoms with Gasteiger partial charge in [0.25, 0.3) is 0 Å². The molecule has 5 heteroatoms. The van der Waals surface area contributed by atoms with Crippen molar-refractivity contribution in [1.82, 2.24) is 9.80 Å². The van der Waals surface area contributed by atoms with Gasteiger partial charge in [-0.2, -0.15) is 0 Å². The standard InChI is InChI=1S/C14H27N3O2/c1-12(11-15)16-6-8-17(9-7-16)13(18)10-14(19-2)4-3-5-14/h12H,3-11,15H2,1-2H3. The van der Waals surface area contributed by atoms with E-state index in [4.69, 9.17) is 10.5 Å². The van der Waals surface area contributed by atoms with Gasteiger partial charge < -0.3 is 15.4 Å². The van der Waals surface area contributed by atoms with Crippen molar-refractivity contribution in [2.45, 2.75) is 44.2 Å². The predicted octanol–water partition coefficient (Wildman–Crippen LogP) is 0.437. The van der Waals surface area contributed by atoms with Crippen LogP contribution in [0.1, 0.15) is 32.6 Å². The molecule has 1 heterocycles. The van der Waals surface area contributed by atoms with E-state index in [2.05, 4.69) is 11.8 Å². The Kier molecular flexibility index (Phi) is 4.81.